The first kappa shape index (κ1) is 26.5. The maximum absolute atomic E-state index is 12.5. The molecule has 0 N–H and O–H groups in total. The number of aryl methyl sites for hydroxylation is 1. The molecule has 3 aromatic carbocycles. The molecule has 1 saturated carbocycles. The predicted octanol–water partition coefficient (Wildman–Crippen LogP) is 7.48. The number of rotatable bonds is 10. The van der Waals surface area contributed by atoms with E-state index in [4.69, 9.17) is 19.0 Å². The third kappa shape index (κ3) is 5.64. The fourth-order valence-electron chi connectivity index (χ4n) is 5.17. The third-order valence-electron chi connectivity index (χ3n) is 7.69. The Labute approximate surface area is 240 Å². The Morgan fingerprint density at radius 3 is 2.22 bits per heavy atom. The third-order valence-corrected chi connectivity index (χ3v) is 7.69. The van der Waals surface area contributed by atoms with Gasteiger partial charge in [-0.15, -0.1) is 0 Å². The van der Waals surface area contributed by atoms with Crippen LogP contribution in [0, 0.1) is 6.92 Å². The number of ether oxygens (including phenoxy) is 2. The van der Waals surface area contributed by atoms with Crippen molar-refractivity contribution in [1.82, 2.24) is 10.1 Å². The van der Waals surface area contributed by atoms with Crippen molar-refractivity contribution in [2.75, 3.05) is 6.61 Å². The minimum Gasteiger partial charge on any atom is -0.473 e. The van der Waals surface area contributed by atoms with Gasteiger partial charge < -0.3 is 14.0 Å². The van der Waals surface area contributed by atoms with Gasteiger partial charge in [-0.2, -0.15) is 0 Å². The lowest BCUT2D eigenvalue weighted by atomic mass is 9.93. The average molecular weight is 545 g/mol. The minimum atomic E-state index is -0.457. The highest BCUT2D eigenvalue weighted by Crippen LogP contribution is 2.49. The van der Waals surface area contributed by atoms with Crippen LogP contribution in [0.25, 0.3) is 22.5 Å². The average Bonchev–Trinajstić information content (AvgIpc) is 3.76. The van der Waals surface area contributed by atoms with E-state index >= 15 is 0 Å². The van der Waals surface area contributed by atoms with Gasteiger partial charge in [-0.25, -0.2) is 4.98 Å². The van der Waals surface area contributed by atoms with Crippen molar-refractivity contribution in [3.05, 3.63) is 125 Å². The van der Waals surface area contributed by atoms with E-state index in [0.29, 0.717) is 25.5 Å². The molecular formula is C35H32N2O4. The Morgan fingerprint density at radius 2 is 1.54 bits per heavy atom. The van der Waals surface area contributed by atoms with E-state index in [0.717, 1.165) is 63.4 Å². The number of esters is 1. The van der Waals surface area contributed by atoms with Crippen LogP contribution >= 0.6 is 0 Å². The molecule has 1 fully saturated rings. The molecule has 1 aliphatic carbocycles. The van der Waals surface area contributed by atoms with Crippen LogP contribution in [0.5, 0.6) is 5.88 Å². The fraction of sp³-hybridized carbons (Fsp3) is 0.229. The summed E-state index contributed by atoms with van der Waals surface area (Å²) in [5.74, 6) is 1.22. The van der Waals surface area contributed by atoms with Crippen molar-refractivity contribution < 1.29 is 18.8 Å². The van der Waals surface area contributed by atoms with Gasteiger partial charge in [0.15, 0.2) is 5.76 Å². The van der Waals surface area contributed by atoms with Gasteiger partial charge in [-0.05, 0) is 55.0 Å². The predicted molar refractivity (Wildman–Crippen MR) is 157 cm³/mol. The van der Waals surface area contributed by atoms with E-state index in [1.54, 1.807) is 0 Å². The maximum Gasteiger partial charge on any atom is 0.316 e. The van der Waals surface area contributed by atoms with Crippen LogP contribution in [-0.4, -0.2) is 22.7 Å². The number of hydrogen-bond acceptors (Lipinski definition) is 6. The van der Waals surface area contributed by atoms with Crippen LogP contribution < -0.4 is 4.74 Å². The normalized spacial score (nSPS) is 13.5. The molecule has 0 radical (unpaired) electrons. The topological polar surface area (TPSA) is 74.5 Å². The summed E-state index contributed by atoms with van der Waals surface area (Å²) in [6.45, 7) is 4.68. The van der Waals surface area contributed by atoms with Crippen molar-refractivity contribution >= 4 is 5.97 Å². The zero-order chi connectivity index (χ0) is 28.2. The Hall–Kier alpha value is -4.71. The molecule has 0 spiro atoms. The molecule has 0 unspecified atom stereocenters. The molecule has 0 bridgehead atoms. The molecule has 5 aromatic rings. The van der Waals surface area contributed by atoms with Crippen LogP contribution in [0.1, 0.15) is 47.8 Å². The second kappa shape index (κ2) is 11.4. The van der Waals surface area contributed by atoms with E-state index in [1.165, 1.54) is 0 Å². The molecule has 2 aromatic heterocycles. The summed E-state index contributed by atoms with van der Waals surface area (Å²) in [5.41, 5.74) is 7.53. The first-order valence-electron chi connectivity index (χ1n) is 14.0. The number of nitrogens with zero attached hydrogens (tertiary/aromatic N) is 2. The van der Waals surface area contributed by atoms with E-state index in [1.807, 2.05) is 62.4 Å². The molecule has 0 saturated heterocycles. The summed E-state index contributed by atoms with van der Waals surface area (Å²) in [6.07, 6.45) is 2.28. The Balaban J connectivity index is 1.16. The Kier molecular flexibility index (Phi) is 7.38. The largest absolute Gasteiger partial charge is 0.473 e. The number of carbonyl (C=O) groups excluding carboxylic acids is 1. The van der Waals surface area contributed by atoms with Gasteiger partial charge >= 0.3 is 5.97 Å². The molecule has 1 aliphatic rings. The number of pyridine rings is 1. The highest BCUT2D eigenvalue weighted by atomic mass is 16.5. The second-order valence-electron chi connectivity index (χ2n) is 10.5. The number of carbonyl (C=O) groups is 1. The minimum absolute atomic E-state index is 0.114. The van der Waals surface area contributed by atoms with Crippen LogP contribution in [0.4, 0.5) is 0 Å². The smallest absolute Gasteiger partial charge is 0.316 e. The van der Waals surface area contributed by atoms with Gasteiger partial charge in [-0.3, -0.25) is 4.79 Å². The molecule has 0 amide bonds. The van der Waals surface area contributed by atoms with Gasteiger partial charge in [0, 0.05) is 29.3 Å². The highest BCUT2D eigenvalue weighted by molar-refractivity contribution is 5.87. The van der Waals surface area contributed by atoms with E-state index in [2.05, 4.69) is 53.7 Å². The molecule has 41 heavy (non-hydrogen) atoms. The van der Waals surface area contributed by atoms with Gasteiger partial charge in [0.05, 0.1) is 17.7 Å². The van der Waals surface area contributed by atoms with Crippen molar-refractivity contribution in [2.24, 2.45) is 0 Å². The maximum atomic E-state index is 12.5. The first-order valence-corrected chi connectivity index (χ1v) is 14.0. The molecule has 6 rings (SSSR count). The fourth-order valence-corrected chi connectivity index (χ4v) is 5.17. The zero-order valence-corrected chi connectivity index (χ0v) is 23.3. The lowest BCUT2D eigenvalue weighted by Gasteiger charge is -2.14. The van der Waals surface area contributed by atoms with Crippen molar-refractivity contribution in [2.45, 2.75) is 45.1 Å². The summed E-state index contributed by atoms with van der Waals surface area (Å²) in [5, 5.41) is 4.26. The molecule has 0 atom stereocenters. The van der Waals surface area contributed by atoms with Crippen LogP contribution in [0.15, 0.2) is 102 Å². The number of benzene rings is 3. The molecule has 6 nitrogen and oxygen atoms in total. The quantitative estimate of drug-likeness (QED) is 0.170. The van der Waals surface area contributed by atoms with Crippen LogP contribution in [0.3, 0.4) is 0 Å². The second-order valence-corrected chi connectivity index (χ2v) is 10.5. The monoisotopic (exact) mass is 544 g/mol. The van der Waals surface area contributed by atoms with Crippen LogP contribution in [0.2, 0.25) is 0 Å². The molecular weight excluding hydrogens is 512 g/mol. The molecule has 206 valence electrons. The highest BCUT2D eigenvalue weighted by Gasteiger charge is 2.52. The Bertz CT molecular complexity index is 1640. The van der Waals surface area contributed by atoms with Gasteiger partial charge in [0.25, 0.3) is 0 Å². The lowest BCUT2D eigenvalue weighted by Crippen LogP contribution is -2.23. The Morgan fingerprint density at radius 1 is 0.854 bits per heavy atom. The van der Waals surface area contributed by atoms with Crippen LogP contribution in [-0.2, 0) is 28.0 Å². The SMILES string of the molecule is CCOC(=O)C1(c2ccc(-c3ccc(-c4onc(C)c4Cc4cccc(OCc5ccccc5)n4)cc3)cc2)CC1. The van der Waals surface area contributed by atoms with Crippen molar-refractivity contribution in [3.63, 3.8) is 0 Å². The van der Waals surface area contributed by atoms with Gasteiger partial charge in [0.2, 0.25) is 5.88 Å². The van der Waals surface area contributed by atoms with Gasteiger partial charge in [0.1, 0.15) is 6.61 Å². The number of aromatic nitrogens is 2. The van der Waals surface area contributed by atoms with E-state index < -0.39 is 5.41 Å². The molecule has 0 aliphatic heterocycles. The molecule has 6 heteroatoms. The van der Waals surface area contributed by atoms with E-state index in [-0.39, 0.29) is 5.97 Å². The van der Waals surface area contributed by atoms with Crippen molar-refractivity contribution in [3.8, 4) is 28.3 Å². The molecule has 2 heterocycles. The summed E-state index contributed by atoms with van der Waals surface area (Å²) in [4.78, 5) is 17.2. The summed E-state index contributed by atoms with van der Waals surface area (Å²) in [6, 6.07) is 32.4. The first-order chi connectivity index (χ1) is 20.1. The van der Waals surface area contributed by atoms with E-state index in [9.17, 15) is 4.79 Å². The van der Waals surface area contributed by atoms with Crippen molar-refractivity contribution in [1.29, 1.82) is 0 Å². The standard InChI is InChI=1S/C35H32N2O4/c1-3-39-34(38)35(20-21-35)29-18-16-27(17-19-29)26-12-14-28(15-13-26)33-31(24(2)37-41-33)22-30-10-7-11-32(36-30)40-23-25-8-5-4-6-9-25/h4-19H,3,20-23H2,1-2H3. The van der Waals surface area contributed by atoms with Gasteiger partial charge in [-0.1, -0.05) is 90.1 Å². The zero-order valence-electron chi connectivity index (χ0n) is 23.3. The summed E-state index contributed by atoms with van der Waals surface area (Å²) >= 11 is 0. The summed E-state index contributed by atoms with van der Waals surface area (Å²) < 4.78 is 17.0. The lowest BCUT2D eigenvalue weighted by molar-refractivity contribution is -0.146. The summed E-state index contributed by atoms with van der Waals surface area (Å²) in [7, 11) is 0. The number of hydrogen-bond donors (Lipinski definition) is 0.